The first-order valence-corrected chi connectivity index (χ1v) is 4.91. The maximum absolute atomic E-state index is 4.62. The second kappa shape index (κ2) is 3.14. The van der Waals surface area contributed by atoms with E-state index in [4.69, 9.17) is 0 Å². The first-order valence-electron chi connectivity index (χ1n) is 4.91. The lowest BCUT2D eigenvalue weighted by Crippen LogP contribution is -2.30. The van der Waals surface area contributed by atoms with Crippen molar-refractivity contribution in [2.45, 2.75) is 32.9 Å². The average molecular weight is 179 g/mol. The molecule has 0 aromatic carbocycles. The predicted molar refractivity (Wildman–Crippen MR) is 52.7 cm³/mol. The van der Waals surface area contributed by atoms with E-state index in [1.54, 1.807) is 0 Å². The van der Waals surface area contributed by atoms with Gasteiger partial charge in [0, 0.05) is 19.3 Å². The molecule has 0 amide bonds. The van der Waals surface area contributed by atoms with Gasteiger partial charge in [-0.2, -0.15) is 0 Å². The lowest BCUT2D eigenvalue weighted by atomic mass is 10.2. The Morgan fingerprint density at radius 2 is 2.15 bits per heavy atom. The summed E-state index contributed by atoms with van der Waals surface area (Å²) in [5, 5.41) is 0. The molecule has 0 saturated carbocycles. The van der Waals surface area contributed by atoms with Crippen LogP contribution in [0.2, 0.25) is 0 Å². The number of hydrogen-bond acceptors (Lipinski definition) is 2. The molecule has 3 nitrogen and oxygen atoms in total. The van der Waals surface area contributed by atoms with E-state index in [0.29, 0.717) is 5.92 Å². The molecule has 1 aromatic rings. The first kappa shape index (κ1) is 8.75. The number of hydrogen-bond donors (Lipinski definition) is 0. The smallest absolute Gasteiger partial charge is 0.123 e. The van der Waals surface area contributed by atoms with Crippen molar-refractivity contribution in [1.29, 1.82) is 0 Å². The molecule has 0 N–H and O–H groups in total. The molecule has 0 bridgehead atoms. The normalized spacial score (nSPS) is 17.8. The van der Waals surface area contributed by atoms with E-state index >= 15 is 0 Å². The van der Waals surface area contributed by atoms with Crippen molar-refractivity contribution in [1.82, 2.24) is 14.5 Å². The van der Waals surface area contributed by atoms with Gasteiger partial charge >= 0.3 is 0 Å². The Bertz CT molecular complexity index is 301. The van der Waals surface area contributed by atoms with Crippen LogP contribution in [0.3, 0.4) is 0 Å². The van der Waals surface area contributed by atoms with Gasteiger partial charge in [-0.25, -0.2) is 4.98 Å². The highest BCUT2D eigenvalue weighted by atomic mass is 15.2. The standard InChI is InChI=1S/C10H17N3/c1-8(2)9-6-13-5-4-12(3)7-10(13)11-9/h6,8H,4-5,7H2,1-3H3. The Labute approximate surface area is 79.4 Å². The highest BCUT2D eigenvalue weighted by molar-refractivity contribution is 5.09. The third-order valence-electron chi connectivity index (χ3n) is 2.60. The Kier molecular flexibility index (Phi) is 2.12. The van der Waals surface area contributed by atoms with E-state index in [-0.39, 0.29) is 0 Å². The maximum Gasteiger partial charge on any atom is 0.123 e. The zero-order valence-corrected chi connectivity index (χ0v) is 8.62. The van der Waals surface area contributed by atoms with E-state index in [0.717, 1.165) is 19.6 Å². The second-order valence-corrected chi connectivity index (χ2v) is 4.17. The Morgan fingerprint density at radius 3 is 2.85 bits per heavy atom. The topological polar surface area (TPSA) is 21.1 Å². The fourth-order valence-corrected chi connectivity index (χ4v) is 1.67. The number of fused-ring (bicyclic) bond motifs is 1. The lowest BCUT2D eigenvalue weighted by molar-refractivity contribution is 0.264. The summed E-state index contributed by atoms with van der Waals surface area (Å²) in [4.78, 5) is 6.93. The first-order chi connectivity index (χ1) is 6.16. The molecule has 0 spiro atoms. The summed E-state index contributed by atoms with van der Waals surface area (Å²) in [5.74, 6) is 1.76. The van der Waals surface area contributed by atoms with Crippen LogP contribution in [0.25, 0.3) is 0 Å². The zero-order valence-electron chi connectivity index (χ0n) is 8.62. The second-order valence-electron chi connectivity index (χ2n) is 4.17. The number of imidazole rings is 1. The molecule has 1 aliphatic rings. The van der Waals surface area contributed by atoms with Crippen molar-refractivity contribution < 1.29 is 0 Å². The van der Waals surface area contributed by atoms with Crippen molar-refractivity contribution >= 4 is 0 Å². The van der Waals surface area contributed by atoms with Gasteiger partial charge in [0.15, 0.2) is 0 Å². The van der Waals surface area contributed by atoms with Gasteiger partial charge < -0.3 is 4.57 Å². The van der Waals surface area contributed by atoms with E-state index in [9.17, 15) is 0 Å². The summed E-state index contributed by atoms with van der Waals surface area (Å²) in [6.07, 6.45) is 2.20. The molecule has 0 fully saturated rings. The van der Waals surface area contributed by atoms with Crippen LogP contribution in [0.5, 0.6) is 0 Å². The number of likely N-dealkylation sites (N-methyl/N-ethyl adjacent to an activating group) is 1. The van der Waals surface area contributed by atoms with Gasteiger partial charge in [-0.1, -0.05) is 13.8 Å². The Balaban J connectivity index is 2.28. The summed E-state index contributed by atoms with van der Waals surface area (Å²) >= 11 is 0. The molecule has 0 radical (unpaired) electrons. The molecule has 0 unspecified atom stereocenters. The van der Waals surface area contributed by atoms with Gasteiger partial charge in [-0.3, -0.25) is 4.90 Å². The van der Waals surface area contributed by atoms with Crippen LogP contribution in [0.15, 0.2) is 6.20 Å². The molecule has 1 aliphatic heterocycles. The van der Waals surface area contributed by atoms with Crippen molar-refractivity contribution in [2.75, 3.05) is 13.6 Å². The minimum absolute atomic E-state index is 0.545. The minimum Gasteiger partial charge on any atom is -0.332 e. The minimum atomic E-state index is 0.545. The Hall–Kier alpha value is -0.830. The third kappa shape index (κ3) is 1.61. The van der Waals surface area contributed by atoms with Gasteiger partial charge in [-0.15, -0.1) is 0 Å². The molecule has 13 heavy (non-hydrogen) atoms. The summed E-state index contributed by atoms with van der Waals surface area (Å²) in [6, 6.07) is 0. The van der Waals surface area contributed by atoms with Crippen LogP contribution in [0.1, 0.15) is 31.3 Å². The van der Waals surface area contributed by atoms with Gasteiger partial charge in [0.2, 0.25) is 0 Å². The molecular weight excluding hydrogens is 162 g/mol. The predicted octanol–water partition coefficient (Wildman–Crippen LogP) is 1.45. The van der Waals surface area contributed by atoms with Crippen molar-refractivity contribution in [3.05, 3.63) is 17.7 Å². The number of aromatic nitrogens is 2. The summed E-state index contributed by atoms with van der Waals surface area (Å²) in [7, 11) is 2.15. The summed E-state index contributed by atoms with van der Waals surface area (Å²) in [6.45, 7) is 7.61. The molecule has 2 rings (SSSR count). The molecule has 0 saturated heterocycles. The van der Waals surface area contributed by atoms with Crippen LogP contribution >= 0.6 is 0 Å². The van der Waals surface area contributed by atoms with Gasteiger partial charge in [-0.05, 0) is 13.0 Å². The van der Waals surface area contributed by atoms with Crippen LogP contribution in [0.4, 0.5) is 0 Å². The van der Waals surface area contributed by atoms with Crippen molar-refractivity contribution in [3.63, 3.8) is 0 Å². The fourth-order valence-electron chi connectivity index (χ4n) is 1.67. The maximum atomic E-state index is 4.62. The zero-order chi connectivity index (χ0) is 9.42. The fraction of sp³-hybridized carbons (Fsp3) is 0.700. The number of rotatable bonds is 1. The third-order valence-corrected chi connectivity index (χ3v) is 2.60. The van der Waals surface area contributed by atoms with Crippen molar-refractivity contribution in [3.8, 4) is 0 Å². The lowest BCUT2D eigenvalue weighted by Gasteiger charge is -2.22. The van der Waals surface area contributed by atoms with Crippen LogP contribution in [-0.2, 0) is 13.1 Å². The highest BCUT2D eigenvalue weighted by Gasteiger charge is 2.16. The van der Waals surface area contributed by atoms with E-state index in [2.05, 4.69) is 41.5 Å². The van der Waals surface area contributed by atoms with Gasteiger partial charge in [0.05, 0.1) is 12.2 Å². The van der Waals surface area contributed by atoms with Crippen LogP contribution < -0.4 is 0 Å². The van der Waals surface area contributed by atoms with Gasteiger partial charge in [0.1, 0.15) is 5.82 Å². The molecular formula is C10H17N3. The van der Waals surface area contributed by atoms with E-state index < -0.39 is 0 Å². The summed E-state index contributed by atoms with van der Waals surface area (Å²) < 4.78 is 2.29. The molecule has 3 heteroatoms. The average Bonchev–Trinajstić information content (AvgIpc) is 2.46. The summed E-state index contributed by atoms with van der Waals surface area (Å²) in [5.41, 5.74) is 1.23. The molecule has 72 valence electrons. The van der Waals surface area contributed by atoms with Crippen molar-refractivity contribution in [2.24, 2.45) is 0 Å². The Morgan fingerprint density at radius 1 is 1.38 bits per heavy atom. The van der Waals surface area contributed by atoms with E-state index in [1.165, 1.54) is 11.5 Å². The van der Waals surface area contributed by atoms with Crippen LogP contribution in [-0.4, -0.2) is 28.0 Å². The molecule has 1 aromatic heterocycles. The largest absolute Gasteiger partial charge is 0.332 e. The number of nitrogens with zero attached hydrogens (tertiary/aromatic N) is 3. The van der Waals surface area contributed by atoms with Gasteiger partial charge in [0.25, 0.3) is 0 Å². The SMILES string of the molecule is CC(C)c1cn2c(n1)CN(C)CC2. The molecule has 0 aliphatic carbocycles. The van der Waals surface area contributed by atoms with E-state index in [1.807, 2.05) is 0 Å². The molecule has 0 atom stereocenters. The quantitative estimate of drug-likeness (QED) is 0.650. The monoisotopic (exact) mass is 179 g/mol. The molecule has 2 heterocycles. The highest BCUT2D eigenvalue weighted by Crippen LogP contribution is 2.17. The van der Waals surface area contributed by atoms with Crippen LogP contribution in [0, 0.1) is 0 Å².